The summed E-state index contributed by atoms with van der Waals surface area (Å²) in [4.78, 5) is 14.1. The van der Waals surface area contributed by atoms with Gasteiger partial charge in [-0.15, -0.1) is 0 Å². The topological polar surface area (TPSA) is 64.8 Å². The molecular weight excluding hydrogens is 256 g/mol. The minimum Gasteiger partial charge on any atom is -0.454 e. The average molecular weight is 278 g/mol. The van der Waals surface area contributed by atoms with Crippen LogP contribution in [-0.2, 0) is 11.3 Å². The van der Waals surface area contributed by atoms with Gasteiger partial charge in [0.15, 0.2) is 11.5 Å². The summed E-state index contributed by atoms with van der Waals surface area (Å²) < 4.78 is 10.6. The summed E-state index contributed by atoms with van der Waals surface area (Å²) in [5.74, 6) is 1.61. The molecule has 0 aromatic heterocycles. The summed E-state index contributed by atoms with van der Waals surface area (Å²) >= 11 is 0. The lowest BCUT2D eigenvalue weighted by molar-refractivity contribution is -0.134. The Balaban J connectivity index is 2.08. The van der Waals surface area contributed by atoms with Crippen molar-refractivity contribution in [2.75, 3.05) is 13.3 Å². The SMILES string of the molecule is CCN(Cc1ccc2c(c1)OCO2)C(=O)[C@@H](N)C(C)C. The summed E-state index contributed by atoms with van der Waals surface area (Å²) in [6, 6.07) is 5.28. The minimum absolute atomic E-state index is 0.0137. The molecule has 0 saturated carbocycles. The summed E-state index contributed by atoms with van der Waals surface area (Å²) in [6.07, 6.45) is 0. The molecule has 0 bridgehead atoms. The van der Waals surface area contributed by atoms with Crippen LogP contribution in [0.15, 0.2) is 18.2 Å². The van der Waals surface area contributed by atoms with Crippen molar-refractivity contribution in [3.05, 3.63) is 23.8 Å². The van der Waals surface area contributed by atoms with Gasteiger partial charge in [0.05, 0.1) is 6.04 Å². The molecule has 0 spiro atoms. The molecule has 0 saturated heterocycles. The van der Waals surface area contributed by atoms with Gasteiger partial charge in [-0.3, -0.25) is 4.79 Å². The van der Waals surface area contributed by atoms with Gasteiger partial charge in [-0.2, -0.15) is 0 Å². The normalized spacial score (nSPS) is 14.4. The summed E-state index contributed by atoms with van der Waals surface area (Å²) in [5.41, 5.74) is 6.96. The van der Waals surface area contributed by atoms with Crippen LogP contribution >= 0.6 is 0 Å². The Morgan fingerprint density at radius 2 is 2.05 bits per heavy atom. The van der Waals surface area contributed by atoms with Crippen LogP contribution < -0.4 is 15.2 Å². The van der Waals surface area contributed by atoms with Crippen molar-refractivity contribution in [2.24, 2.45) is 11.7 Å². The average Bonchev–Trinajstić information content (AvgIpc) is 2.90. The van der Waals surface area contributed by atoms with Crippen LogP contribution in [0.5, 0.6) is 11.5 Å². The molecule has 0 unspecified atom stereocenters. The zero-order valence-corrected chi connectivity index (χ0v) is 12.3. The smallest absolute Gasteiger partial charge is 0.240 e. The van der Waals surface area contributed by atoms with E-state index in [2.05, 4.69) is 0 Å². The van der Waals surface area contributed by atoms with E-state index in [9.17, 15) is 4.79 Å². The van der Waals surface area contributed by atoms with Gasteiger partial charge in [-0.1, -0.05) is 19.9 Å². The number of rotatable bonds is 5. The van der Waals surface area contributed by atoms with E-state index in [4.69, 9.17) is 15.2 Å². The van der Waals surface area contributed by atoms with E-state index in [1.165, 1.54) is 0 Å². The molecule has 1 atom stereocenters. The van der Waals surface area contributed by atoms with Crippen molar-refractivity contribution < 1.29 is 14.3 Å². The molecule has 1 heterocycles. The van der Waals surface area contributed by atoms with E-state index >= 15 is 0 Å². The van der Waals surface area contributed by atoms with Crippen molar-refractivity contribution in [3.8, 4) is 11.5 Å². The molecule has 1 aliphatic heterocycles. The molecule has 1 aromatic rings. The van der Waals surface area contributed by atoms with Crippen molar-refractivity contribution in [2.45, 2.75) is 33.4 Å². The molecule has 2 rings (SSSR count). The molecule has 0 aliphatic carbocycles. The second-order valence-electron chi connectivity index (χ2n) is 5.31. The van der Waals surface area contributed by atoms with Crippen LogP contribution in [0.3, 0.4) is 0 Å². The van der Waals surface area contributed by atoms with Gasteiger partial charge in [-0.05, 0) is 30.5 Å². The molecule has 1 aromatic carbocycles. The summed E-state index contributed by atoms with van der Waals surface area (Å²) in [6.45, 7) is 7.29. The molecule has 5 heteroatoms. The van der Waals surface area contributed by atoms with Crippen molar-refractivity contribution in [1.29, 1.82) is 0 Å². The Morgan fingerprint density at radius 3 is 2.70 bits per heavy atom. The van der Waals surface area contributed by atoms with Crippen molar-refractivity contribution >= 4 is 5.91 Å². The highest BCUT2D eigenvalue weighted by Gasteiger charge is 2.23. The lowest BCUT2D eigenvalue weighted by Crippen LogP contribution is -2.46. The van der Waals surface area contributed by atoms with E-state index in [0.717, 1.165) is 17.1 Å². The molecular formula is C15H22N2O3. The van der Waals surface area contributed by atoms with Crippen LogP contribution in [-0.4, -0.2) is 30.2 Å². The maximum atomic E-state index is 12.3. The minimum atomic E-state index is -0.455. The van der Waals surface area contributed by atoms with Crippen molar-refractivity contribution in [3.63, 3.8) is 0 Å². The highest BCUT2D eigenvalue weighted by Crippen LogP contribution is 2.32. The number of nitrogens with two attached hydrogens (primary N) is 1. The third kappa shape index (κ3) is 3.04. The van der Waals surface area contributed by atoms with Crippen LogP contribution in [0.4, 0.5) is 0 Å². The molecule has 110 valence electrons. The maximum Gasteiger partial charge on any atom is 0.240 e. The van der Waals surface area contributed by atoms with Gasteiger partial charge < -0.3 is 20.1 Å². The zero-order valence-electron chi connectivity index (χ0n) is 12.3. The van der Waals surface area contributed by atoms with E-state index in [0.29, 0.717) is 13.1 Å². The molecule has 2 N–H and O–H groups in total. The molecule has 0 radical (unpaired) electrons. The van der Waals surface area contributed by atoms with Crippen molar-refractivity contribution in [1.82, 2.24) is 4.90 Å². The predicted molar refractivity (Wildman–Crippen MR) is 76.5 cm³/mol. The fourth-order valence-corrected chi connectivity index (χ4v) is 2.10. The Kier molecular flexibility index (Phi) is 4.49. The number of amides is 1. The van der Waals surface area contributed by atoms with Crippen LogP contribution in [0.1, 0.15) is 26.3 Å². The third-order valence-corrected chi connectivity index (χ3v) is 3.51. The molecule has 1 aliphatic rings. The zero-order chi connectivity index (χ0) is 14.7. The highest BCUT2D eigenvalue weighted by molar-refractivity contribution is 5.81. The van der Waals surface area contributed by atoms with E-state index in [1.807, 2.05) is 39.0 Å². The van der Waals surface area contributed by atoms with Gasteiger partial charge in [0.2, 0.25) is 12.7 Å². The predicted octanol–water partition coefficient (Wildman–Crippen LogP) is 1.75. The standard InChI is InChI=1S/C15H22N2O3/c1-4-17(15(18)14(16)10(2)3)8-11-5-6-12-13(7-11)20-9-19-12/h5-7,10,14H,4,8-9,16H2,1-3H3/t14-/m0/s1. The molecule has 1 amide bonds. The summed E-state index contributed by atoms with van der Waals surface area (Å²) in [5, 5.41) is 0. The van der Waals surface area contributed by atoms with Crippen LogP contribution in [0.25, 0.3) is 0 Å². The Morgan fingerprint density at radius 1 is 1.35 bits per heavy atom. The van der Waals surface area contributed by atoms with Gasteiger partial charge >= 0.3 is 0 Å². The first-order valence-electron chi connectivity index (χ1n) is 6.95. The number of carbonyl (C=O) groups is 1. The first-order valence-corrected chi connectivity index (χ1v) is 6.95. The molecule has 5 nitrogen and oxygen atoms in total. The third-order valence-electron chi connectivity index (χ3n) is 3.51. The van der Waals surface area contributed by atoms with Crippen LogP contribution in [0, 0.1) is 5.92 Å². The molecule has 0 fully saturated rings. The second kappa shape index (κ2) is 6.13. The quantitative estimate of drug-likeness (QED) is 0.891. The number of carbonyl (C=O) groups excluding carboxylic acids is 1. The van der Waals surface area contributed by atoms with Gasteiger partial charge in [0, 0.05) is 13.1 Å². The van der Waals surface area contributed by atoms with Crippen LogP contribution in [0.2, 0.25) is 0 Å². The monoisotopic (exact) mass is 278 g/mol. The Hall–Kier alpha value is -1.75. The second-order valence-corrected chi connectivity index (χ2v) is 5.31. The fourth-order valence-electron chi connectivity index (χ4n) is 2.10. The number of fused-ring (bicyclic) bond motifs is 1. The number of likely N-dealkylation sites (N-methyl/N-ethyl adjacent to an activating group) is 1. The number of hydrogen-bond acceptors (Lipinski definition) is 4. The number of hydrogen-bond donors (Lipinski definition) is 1. The fraction of sp³-hybridized carbons (Fsp3) is 0.533. The van der Waals surface area contributed by atoms with E-state index < -0.39 is 6.04 Å². The lowest BCUT2D eigenvalue weighted by atomic mass is 10.0. The molecule has 20 heavy (non-hydrogen) atoms. The van der Waals surface area contributed by atoms with Gasteiger partial charge in [-0.25, -0.2) is 0 Å². The van der Waals surface area contributed by atoms with E-state index in [1.54, 1.807) is 4.90 Å². The largest absolute Gasteiger partial charge is 0.454 e. The van der Waals surface area contributed by atoms with E-state index in [-0.39, 0.29) is 18.6 Å². The number of ether oxygens (including phenoxy) is 2. The number of benzene rings is 1. The maximum absolute atomic E-state index is 12.3. The van der Waals surface area contributed by atoms with Gasteiger partial charge in [0.25, 0.3) is 0 Å². The first-order chi connectivity index (χ1) is 9.52. The first kappa shape index (κ1) is 14.7. The number of nitrogens with zero attached hydrogens (tertiary/aromatic N) is 1. The highest BCUT2D eigenvalue weighted by atomic mass is 16.7. The Bertz CT molecular complexity index is 488. The van der Waals surface area contributed by atoms with Gasteiger partial charge in [0.1, 0.15) is 0 Å². The lowest BCUT2D eigenvalue weighted by Gasteiger charge is -2.26. The summed E-state index contributed by atoms with van der Waals surface area (Å²) in [7, 11) is 0. The Labute approximate surface area is 119 Å².